The molecular weight excluding hydrogens is 218 g/mol. The van der Waals surface area contributed by atoms with E-state index in [2.05, 4.69) is 12.0 Å². The monoisotopic (exact) mass is 237 g/mol. The molecule has 1 heterocycles. The lowest BCUT2D eigenvalue weighted by Gasteiger charge is -2.26. The van der Waals surface area contributed by atoms with Gasteiger partial charge in [0, 0.05) is 7.05 Å². The fraction of sp³-hybridized carbons (Fsp3) is 0.667. The van der Waals surface area contributed by atoms with Gasteiger partial charge in [-0.25, -0.2) is 4.79 Å². The first-order chi connectivity index (χ1) is 8.08. The zero-order valence-corrected chi connectivity index (χ0v) is 10.3. The third-order valence-corrected chi connectivity index (χ3v) is 3.32. The molecule has 2 atom stereocenters. The summed E-state index contributed by atoms with van der Waals surface area (Å²) in [5, 5.41) is 3.94. The van der Waals surface area contributed by atoms with E-state index in [4.69, 9.17) is 10.5 Å². The quantitative estimate of drug-likeness (QED) is 0.795. The van der Waals surface area contributed by atoms with Gasteiger partial charge in [-0.05, 0) is 25.2 Å². The molecule has 0 spiro atoms. The standard InChI is InChI=1S/C12H19N3O2/c1-8-4-3-5-9(6-8)17-12(16)11-10(13)7-14-15(11)2/h7-9H,3-6,13H2,1-2H3. The average Bonchev–Trinajstić information content (AvgIpc) is 2.58. The largest absolute Gasteiger partial charge is 0.458 e. The normalized spacial score (nSPS) is 24.6. The molecule has 5 nitrogen and oxygen atoms in total. The van der Waals surface area contributed by atoms with Gasteiger partial charge in [0.15, 0.2) is 5.69 Å². The Morgan fingerprint density at radius 1 is 1.59 bits per heavy atom. The Hall–Kier alpha value is -1.52. The number of hydrogen-bond donors (Lipinski definition) is 1. The van der Waals surface area contributed by atoms with Crippen molar-refractivity contribution in [1.82, 2.24) is 9.78 Å². The lowest BCUT2D eigenvalue weighted by Crippen LogP contribution is -2.26. The van der Waals surface area contributed by atoms with Crippen LogP contribution in [0.5, 0.6) is 0 Å². The van der Waals surface area contributed by atoms with E-state index in [-0.39, 0.29) is 12.1 Å². The molecule has 5 heteroatoms. The van der Waals surface area contributed by atoms with Gasteiger partial charge in [0.25, 0.3) is 0 Å². The minimum absolute atomic E-state index is 0.0283. The van der Waals surface area contributed by atoms with Crippen LogP contribution in [0.1, 0.15) is 43.1 Å². The van der Waals surface area contributed by atoms with Crippen molar-refractivity contribution < 1.29 is 9.53 Å². The maximum atomic E-state index is 12.0. The van der Waals surface area contributed by atoms with Crippen LogP contribution < -0.4 is 5.73 Å². The van der Waals surface area contributed by atoms with Crippen molar-refractivity contribution >= 4 is 11.7 Å². The molecule has 1 aromatic heterocycles. The molecule has 0 radical (unpaired) electrons. The average molecular weight is 237 g/mol. The number of carbonyl (C=O) groups excluding carboxylic acids is 1. The van der Waals surface area contributed by atoms with Crippen LogP contribution in [0.4, 0.5) is 5.69 Å². The smallest absolute Gasteiger partial charge is 0.359 e. The second-order valence-corrected chi connectivity index (χ2v) is 4.87. The predicted molar refractivity (Wildman–Crippen MR) is 64.5 cm³/mol. The number of nitrogens with two attached hydrogens (primary N) is 1. The van der Waals surface area contributed by atoms with Gasteiger partial charge in [-0.1, -0.05) is 13.3 Å². The minimum atomic E-state index is -0.360. The van der Waals surface area contributed by atoms with Gasteiger partial charge < -0.3 is 10.5 Å². The Morgan fingerprint density at radius 3 is 2.94 bits per heavy atom. The molecule has 1 aromatic rings. The first-order valence-electron chi connectivity index (χ1n) is 6.06. The number of aromatic nitrogens is 2. The van der Waals surface area contributed by atoms with Gasteiger partial charge in [-0.3, -0.25) is 4.68 Å². The molecule has 0 aromatic carbocycles. The number of aryl methyl sites for hydroxylation is 1. The summed E-state index contributed by atoms with van der Waals surface area (Å²) in [6.07, 6.45) is 5.75. The number of rotatable bonds is 2. The highest BCUT2D eigenvalue weighted by molar-refractivity contribution is 5.93. The summed E-state index contributed by atoms with van der Waals surface area (Å²) in [5.74, 6) is 0.270. The van der Waals surface area contributed by atoms with E-state index < -0.39 is 0 Å². The number of nitrogen functional groups attached to an aromatic ring is 1. The van der Waals surface area contributed by atoms with Crippen LogP contribution in [0, 0.1) is 5.92 Å². The molecular formula is C12H19N3O2. The van der Waals surface area contributed by atoms with E-state index in [9.17, 15) is 4.79 Å². The van der Waals surface area contributed by atoms with Crippen LogP contribution in [0.15, 0.2) is 6.20 Å². The molecule has 2 unspecified atom stereocenters. The summed E-state index contributed by atoms with van der Waals surface area (Å²) in [6.45, 7) is 2.19. The van der Waals surface area contributed by atoms with Crippen LogP contribution in [0.25, 0.3) is 0 Å². The zero-order chi connectivity index (χ0) is 12.4. The van der Waals surface area contributed by atoms with Gasteiger partial charge in [0.1, 0.15) is 6.10 Å². The number of ether oxygens (including phenoxy) is 1. The Bertz CT molecular complexity index is 394. The summed E-state index contributed by atoms with van der Waals surface area (Å²) < 4.78 is 6.95. The van der Waals surface area contributed by atoms with Crippen molar-refractivity contribution in [2.45, 2.75) is 38.7 Å². The van der Waals surface area contributed by atoms with E-state index >= 15 is 0 Å². The van der Waals surface area contributed by atoms with Crippen LogP contribution >= 0.6 is 0 Å². The lowest BCUT2D eigenvalue weighted by atomic mass is 9.89. The molecule has 2 rings (SSSR count). The number of esters is 1. The number of anilines is 1. The SMILES string of the molecule is CC1CCCC(OC(=O)c2c(N)cnn2C)C1. The molecule has 0 aliphatic heterocycles. The minimum Gasteiger partial charge on any atom is -0.458 e. The highest BCUT2D eigenvalue weighted by atomic mass is 16.5. The van der Waals surface area contributed by atoms with Crippen molar-refractivity contribution in [1.29, 1.82) is 0 Å². The van der Waals surface area contributed by atoms with E-state index in [1.165, 1.54) is 17.3 Å². The van der Waals surface area contributed by atoms with Crippen molar-refractivity contribution in [3.8, 4) is 0 Å². The fourth-order valence-electron chi connectivity index (χ4n) is 2.40. The highest BCUT2D eigenvalue weighted by Crippen LogP contribution is 2.26. The van der Waals surface area contributed by atoms with E-state index in [1.807, 2.05) is 0 Å². The number of nitrogens with zero attached hydrogens (tertiary/aromatic N) is 2. The van der Waals surface area contributed by atoms with Crippen molar-refractivity contribution in [3.05, 3.63) is 11.9 Å². The maximum absolute atomic E-state index is 12.0. The summed E-state index contributed by atoms with van der Waals surface area (Å²) in [5.41, 5.74) is 6.42. The van der Waals surface area contributed by atoms with Gasteiger partial charge in [0.05, 0.1) is 11.9 Å². The summed E-state index contributed by atoms with van der Waals surface area (Å²) in [4.78, 5) is 12.0. The van der Waals surface area contributed by atoms with E-state index in [1.54, 1.807) is 7.05 Å². The molecule has 0 bridgehead atoms. The molecule has 1 fully saturated rings. The van der Waals surface area contributed by atoms with E-state index in [0.29, 0.717) is 17.3 Å². The highest BCUT2D eigenvalue weighted by Gasteiger charge is 2.25. The van der Waals surface area contributed by atoms with Gasteiger partial charge >= 0.3 is 5.97 Å². The summed E-state index contributed by atoms with van der Waals surface area (Å²) >= 11 is 0. The number of carbonyl (C=O) groups is 1. The van der Waals surface area contributed by atoms with Gasteiger partial charge in [-0.2, -0.15) is 5.10 Å². The Morgan fingerprint density at radius 2 is 2.35 bits per heavy atom. The molecule has 2 N–H and O–H groups in total. The molecule has 0 saturated heterocycles. The third-order valence-electron chi connectivity index (χ3n) is 3.32. The topological polar surface area (TPSA) is 70.1 Å². The van der Waals surface area contributed by atoms with Gasteiger partial charge in [0.2, 0.25) is 0 Å². The number of hydrogen-bond acceptors (Lipinski definition) is 4. The van der Waals surface area contributed by atoms with Crippen LogP contribution in [0.3, 0.4) is 0 Å². The van der Waals surface area contributed by atoms with Crippen LogP contribution in [-0.4, -0.2) is 21.9 Å². The molecule has 1 aliphatic carbocycles. The maximum Gasteiger partial charge on any atom is 0.359 e. The predicted octanol–water partition coefficient (Wildman–Crippen LogP) is 1.74. The molecule has 1 saturated carbocycles. The van der Waals surface area contributed by atoms with Crippen molar-refractivity contribution in [3.63, 3.8) is 0 Å². The lowest BCUT2D eigenvalue weighted by molar-refractivity contribution is 0.0145. The van der Waals surface area contributed by atoms with Crippen LogP contribution in [-0.2, 0) is 11.8 Å². The van der Waals surface area contributed by atoms with Crippen molar-refractivity contribution in [2.24, 2.45) is 13.0 Å². The molecule has 1 aliphatic rings. The Labute approximate surface area is 101 Å². The second-order valence-electron chi connectivity index (χ2n) is 4.87. The Kier molecular flexibility index (Phi) is 3.36. The zero-order valence-electron chi connectivity index (χ0n) is 10.3. The van der Waals surface area contributed by atoms with Crippen LogP contribution in [0.2, 0.25) is 0 Å². The summed E-state index contributed by atoms with van der Waals surface area (Å²) in [6, 6.07) is 0. The fourth-order valence-corrected chi connectivity index (χ4v) is 2.40. The molecule has 17 heavy (non-hydrogen) atoms. The third kappa shape index (κ3) is 2.60. The van der Waals surface area contributed by atoms with Gasteiger partial charge in [-0.15, -0.1) is 0 Å². The first-order valence-corrected chi connectivity index (χ1v) is 6.06. The summed E-state index contributed by atoms with van der Waals surface area (Å²) in [7, 11) is 1.69. The second kappa shape index (κ2) is 4.77. The first kappa shape index (κ1) is 12.0. The Balaban J connectivity index is 2.02. The molecule has 0 amide bonds. The van der Waals surface area contributed by atoms with E-state index in [0.717, 1.165) is 19.3 Å². The van der Waals surface area contributed by atoms with Crippen molar-refractivity contribution in [2.75, 3.05) is 5.73 Å². The molecule has 94 valence electrons.